The van der Waals surface area contributed by atoms with Gasteiger partial charge >= 0.3 is 5.63 Å². The minimum Gasteiger partial charge on any atom is -0.422 e. The molecule has 5 heteroatoms. The summed E-state index contributed by atoms with van der Waals surface area (Å²) in [4.78, 5) is 15.9. The second-order valence-electron chi connectivity index (χ2n) is 3.30. The van der Waals surface area contributed by atoms with Gasteiger partial charge in [0.05, 0.1) is 5.69 Å². The van der Waals surface area contributed by atoms with Crippen molar-refractivity contribution < 1.29 is 4.42 Å². The largest absolute Gasteiger partial charge is 0.422 e. The minimum absolute atomic E-state index is 0.343. The third kappa shape index (κ3) is 2.18. The molecule has 0 saturated heterocycles. The Morgan fingerprint density at radius 1 is 1.44 bits per heavy atom. The number of nitrogens with zero attached hydrogens (tertiary/aromatic N) is 1. The Balaban J connectivity index is 2.93. The highest BCUT2D eigenvalue weighted by Crippen LogP contribution is 2.29. The van der Waals surface area contributed by atoms with E-state index in [0.717, 1.165) is 10.8 Å². The molecule has 1 aromatic heterocycles. The van der Waals surface area contributed by atoms with Crippen molar-refractivity contribution in [2.45, 2.75) is 6.92 Å². The smallest absolute Gasteiger partial charge is 0.352 e. The van der Waals surface area contributed by atoms with Crippen LogP contribution < -0.4 is 5.63 Å². The van der Waals surface area contributed by atoms with Gasteiger partial charge in [-0.05, 0) is 41.6 Å². The third-order valence-electron chi connectivity index (χ3n) is 2.02. The molecule has 0 radical (unpaired) electrons. The number of hydrogen-bond donors (Lipinski definition) is 0. The highest BCUT2D eigenvalue weighted by molar-refractivity contribution is 14.1. The molecule has 1 heterocycles. The molecule has 0 N–H and O–H groups in total. The SMILES string of the molecule is CC(P)=Nc1c(I)c(=O)oc2ccccc12. The molecule has 0 bridgehead atoms. The molecule has 0 spiro atoms. The Bertz CT molecular complexity index is 629. The highest BCUT2D eigenvalue weighted by atomic mass is 127. The quantitative estimate of drug-likeness (QED) is 0.344. The zero-order valence-corrected chi connectivity index (χ0v) is 11.8. The van der Waals surface area contributed by atoms with Gasteiger partial charge < -0.3 is 4.42 Å². The van der Waals surface area contributed by atoms with E-state index >= 15 is 0 Å². The van der Waals surface area contributed by atoms with E-state index in [1.807, 2.05) is 47.7 Å². The second kappa shape index (κ2) is 4.63. The average Bonchev–Trinajstić information content (AvgIpc) is 2.24. The van der Waals surface area contributed by atoms with Crippen LogP contribution in [0.4, 0.5) is 5.69 Å². The van der Waals surface area contributed by atoms with E-state index in [2.05, 4.69) is 14.2 Å². The topological polar surface area (TPSA) is 42.6 Å². The summed E-state index contributed by atoms with van der Waals surface area (Å²) in [5, 5.41) is 0.855. The van der Waals surface area contributed by atoms with Crippen LogP contribution in [-0.2, 0) is 0 Å². The van der Waals surface area contributed by atoms with Gasteiger partial charge in [0.1, 0.15) is 9.15 Å². The van der Waals surface area contributed by atoms with E-state index in [9.17, 15) is 4.79 Å². The number of fused-ring (bicyclic) bond motifs is 1. The number of rotatable bonds is 1. The van der Waals surface area contributed by atoms with E-state index in [0.29, 0.717) is 14.8 Å². The molecule has 1 aromatic carbocycles. The maximum Gasteiger partial charge on any atom is 0.352 e. The van der Waals surface area contributed by atoms with Crippen LogP contribution in [0.5, 0.6) is 0 Å². The maximum absolute atomic E-state index is 11.6. The van der Waals surface area contributed by atoms with Crippen molar-refractivity contribution in [3.8, 4) is 0 Å². The first-order valence-electron chi connectivity index (χ1n) is 4.61. The van der Waals surface area contributed by atoms with Crippen LogP contribution >= 0.6 is 31.8 Å². The number of benzene rings is 1. The molecule has 2 aromatic rings. The van der Waals surface area contributed by atoms with E-state index in [1.165, 1.54) is 0 Å². The molecule has 0 aliphatic rings. The van der Waals surface area contributed by atoms with Crippen LogP contribution in [0, 0.1) is 3.57 Å². The Hall–Kier alpha value is -0.740. The van der Waals surface area contributed by atoms with Crippen LogP contribution in [0.3, 0.4) is 0 Å². The van der Waals surface area contributed by atoms with Crippen molar-refractivity contribution >= 4 is 53.9 Å². The summed E-state index contributed by atoms with van der Waals surface area (Å²) in [6, 6.07) is 7.39. The maximum atomic E-state index is 11.6. The Kier molecular flexibility index (Phi) is 3.40. The normalized spacial score (nSPS) is 12.1. The van der Waals surface area contributed by atoms with Crippen LogP contribution in [-0.4, -0.2) is 5.45 Å². The highest BCUT2D eigenvalue weighted by Gasteiger charge is 2.10. The number of halogens is 1. The molecule has 0 aliphatic carbocycles. The van der Waals surface area contributed by atoms with Gasteiger partial charge in [-0.15, -0.1) is 0 Å². The zero-order valence-electron chi connectivity index (χ0n) is 8.53. The predicted molar refractivity (Wildman–Crippen MR) is 77.7 cm³/mol. The van der Waals surface area contributed by atoms with Crippen molar-refractivity contribution in [1.29, 1.82) is 0 Å². The predicted octanol–water partition coefficient (Wildman–Crippen LogP) is 3.32. The lowest BCUT2D eigenvalue weighted by atomic mass is 10.2. The molecule has 16 heavy (non-hydrogen) atoms. The van der Waals surface area contributed by atoms with Gasteiger partial charge in [-0.2, -0.15) is 0 Å². The van der Waals surface area contributed by atoms with E-state index in [-0.39, 0.29) is 5.63 Å². The van der Waals surface area contributed by atoms with Crippen LogP contribution in [0.25, 0.3) is 11.0 Å². The molecule has 0 saturated carbocycles. The molecule has 1 unspecified atom stereocenters. The van der Waals surface area contributed by atoms with Gasteiger partial charge in [-0.1, -0.05) is 21.4 Å². The molecular formula is C11H9INO2P. The van der Waals surface area contributed by atoms with Gasteiger partial charge in [0.25, 0.3) is 0 Å². The molecule has 1 atom stereocenters. The fraction of sp³-hybridized carbons (Fsp3) is 0.0909. The Labute approximate surface area is 108 Å². The molecule has 0 aliphatic heterocycles. The van der Waals surface area contributed by atoms with Crippen LogP contribution in [0.1, 0.15) is 6.92 Å². The van der Waals surface area contributed by atoms with Crippen molar-refractivity contribution in [2.75, 3.05) is 0 Å². The van der Waals surface area contributed by atoms with Gasteiger partial charge in [-0.3, -0.25) is 4.99 Å². The number of hydrogen-bond acceptors (Lipinski definition) is 3. The second-order valence-corrected chi connectivity index (χ2v) is 5.22. The summed E-state index contributed by atoms with van der Waals surface area (Å²) in [5.74, 6) is 0. The van der Waals surface area contributed by atoms with Crippen molar-refractivity contribution in [2.24, 2.45) is 4.99 Å². The lowest BCUT2D eigenvalue weighted by Gasteiger charge is -2.03. The number of para-hydroxylation sites is 1. The summed E-state index contributed by atoms with van der Waals surface area (Å²) in [5.41, 5.74) is 1.73. The number of aliphatic imine (C=N–C) groups is 1. The molecule has 0 amide bonds. The fourth-order valence-electron chi connectivity index (χ4n) is 1.40. The van der Waals surface area contributed by atoms with E-state index in [4.69, 9.17) is 4.42 Å². The fourth-order valence-corrected chi connectivity index (χ4v) is 2.05. The van der Waals surface area contributed by atoms with Gasteiger partial charge in [0.2, 0.25) is 0 Å². The summed E-state index contributed by atoms with van der Waals surface area (Å²) < 4.78 is 5.69. The summed E-state index contributed by atoms with van der Waals surface area (Å²) in [6.07, 6.45) is 0. The standard InChI is InChI=1S/C11H9INO2P/c1-6(16)13-10-7-4-2-3-5-8(7)15-11(14)9(10)12/h2-5H,16H2,1H3. The first-order chi connectivity index (χ1) is 7.59. The molecule has 0 fully saturated rings. The summed E-state index contributed by atoms with van der Waals surface area (Å²) in [7, 11) is 2.51. The van der Waals surface area contributed by atoms with E-state index in [1.54, 1.807) is 6.07 Å². The van der Waals surface area contributed by atoms with E-state index < -0.39 is 0 Å². The average molecular weight is 345 g/mol. The van der Waals surface area contributed by atoms with Gasteiger partial charge in [0, 0.05) is 10.8 Å². The molecule has 3 nitrogen and oxygen atoms in total. The first-order valence-corrected chi connectivity index (χ1v) is 6.27. The van der Waals surface area contributed by atoms with Crippen molar-refractivity contribution in [1.82, 2.24) is 0 Å². The molecular weight excluding hydrogens is 336 g/mol. The van der Waals surface area contributed by atoms with Gasteiger partial charge in [-0.25, -0.2) is 4.79 Å². The third-order valence-corrected chi connectivity index (χ3v) is 3.10. The monoisotopic (exact) mass is 345 g/mol. The summed E-state index contributed by atoms with van der Waals surface area (Å²) >= 11 is 1.96. The first kappa shape index (κ1) is 11.7. The molecule has 82 valence electrons. The molecule has 2 rings (SSSR count). The Morgan fingerprint density at radius 2 is 2.12 bits per heavy atom. The van der Waals surface area contributed by atoms with Gasteiger partial charge in [0.15, 0.2) is 0 Å². The van der Waals surface area contributed by atoms with Crippen molar-refractivity contribution in [3.63, 3.8) is 0 Å². The van der Waals surface area contributed by atoms with Crippen LogP contribution in [0.2, 0.25) is 0 Å². The van der Waals surface area contributed by atoms with Crippen LogP contribution in [0.15, 0.2) is 38.5 Å². The Morgan fingerprint density at radius 3 is 2.81 bits per heavy atom. The van der Waals surface area contributed by atoms with Crippen molar-refractivity contribution in [3.05, 3.63) is 38.3 Å². The lowest BCUT2D eigenvalue weighted by molar-refractivity contribution is 0.556. The summed E-state index contributed by atoms with van der Waals surface area (Å²) in [6.45, 7) is 1.87. The lowest BCUT2D eigenvalue weighted by Crippen LogP contribution is -2.03. The minimum atomic E-state index is -0.343. The zero-order chi connectivity index (χ0) is 11.7.